The van der Waals surface area contributed by atoms with Crippen molar-refractivity contribution in [2.45, 2.75) is 40.2 Å². The van der Waals surface area contributed by atoms with Crippen molar-refractivity contribution in [3.63, 3.8) is 0 Å². The summed E-state index contributed by atoms with van der Waals surface area (Å²) >= 11 is 5.83. The van der Waals surface area contributed by atoms with Gasteiger partial charge in [-0.25, -0.2) is 4.39 Å². The van der Waals surface area contributed by atoms with Crippen molar-refractivity contribution in [2.24, 2.45) is 5.92 Å². The maximum absolute atomic E-state index is 14.1. The summed E-state index contributed by atoms with van der Waals surface area (Å²) in [6.45, 7) is 7.95. The molecule has 1 N–H and O–H groups in total. The largest absolute Gasteiger partial charge is 0.456 e. The van der Waals surface area contributed by atoms with E-state index in [4.69, 9.17) is 16.0 Å². The van der Waals surface area contributed by atoms with Gasteiger partial charge in [0.15, 0.2) is 11.4 Å². The Morgan fingerprint density at radius 1 is 1.35 bits per heavy atom. The summed E-state index contributed by atoms with van der Waals surface area (Å²) in [6.07, 6.45) is 1.93. The molecule has 0 unspecified atom stereocenters. The molecule has 1 aromatic carbocycles. The van der Waals surface area contributed by atoms with Crippen LogP contribution in [0.1, 0.15) is 38.5 Å². The molecule has 0 atom stereocenters. The van der Waals surface area contributed by atoms with Gasteiger partial charge in [0.1, 0.15) is 5.76 Å². The normalized spacial score (nSPS) is 11.7. The number of rotatable bonds is 6. The summed E-state index contributed by atoms with van der Waals surface area (Å²) in [5.41, 5.74) is 1.37. The molecule has 2 aromatic rings. The Hall–Kier alpha value is -1.06. The molecule has 0 saturated carbocycles. The molecule has 0 saturated heterocycles. The minimum atomic E-state index is -0.462. The lowest BCUT2D eigenvalue weighted by atomic mass is 9.99. The third-order valence-corrected chi connectivity index (χ3v) is 3.55. The Bertz CT molecular complexity index is 592. The van der Waals surface area contributed by atoms with Crippen LogP contribution in [0.4, 0.5) is 4.39 Å². The molecule has 0 aliphatic rings. The molecule has 0 aliphatic heterocycles. The number of halogens is 2. The molecule has 0 aliphatic carbocycles. The zero-order valence-electron chi connectivity index (χ0n) is 12.2. The minimum Gasteiger partial charge on any atom is -0.456 e. The standard InChI is InChI=1S/C16H21ClFNO/c1-4-7-19-9-14-12(8-10(2)3)11-5-6-13(17)15(18)16(11)20-14/h5-6,10,19H,4,7-9H2,1-3H3. The van der Waals surface area contributed by atoms with Crippen molar-refractivity contribution < 1.29 is 8.81 Å². The summed E-state index contributed by atoms with van der Waals surface area (Å²) in [5.74, 6) is 0.846. The van der Waals surface area contributed by atoms with E-state index in [2.05, 4.69) is 26.1 Å². The van der Waals surface area contributed by atoms with Crippen molar-refractivity contribution in [3.8, 4) is 0 Å². The molecule has 1 aromatic heterocycles. The number of nitrogens with one attached hydrogen (secondary N) is 1. The van der Waals surface area contributed by atoms with Crippen LogP contribution in [0.5, 0.6) is 0 Å². The Morgan fingerprint density at radius 2 is 2.10 bits per heavy atom. The Morgan fingerprint density at radius 3 is 2.75 bits per heavy atom. The third-order valence-electron chi connectivity index (χ3n) is 3.26. The van der Waals surface area contributed by atoms with Crippen molar-refractivity contribution in [3.05, 3.63) is 34.3 Å². The van der Waals surface area contributed by atoms with E-state index in [-0.39, 0.29) is 10.6 Å². The van der Waals surface area contributed by atoms with Gasteiger partial charge >= 0.3 is 0 Å². The molecule has 0 amide bonds. The van der Waals surface area contributed by atoms with E-state index in [0.29, 0.717) is 12.5 Å². The first-order chi connectivity index (χ1) is 9.54. The van der Waals surface area contributed by atoms with Crippen LogP contribution in [0.2, 0.25) is 5.02 Å². The van der Waals surface area contributed by atoms with Gasteiger partial charge in [0.2, 0.25) is 0 Å². The Kier molecular flexibility index (Phi) is 5.06. The average molecular weight is 298 g/mol. The molecule has 1 heterocycles. The summed E-state index contributed by atoms with van der Waals surface area (Å²) < 4.78 is 19.8. The molecule has 110 valence electrons. The average Bonchev–Trinajstić information content (AvgIpc) is 2.73. The first-order valence-electron chi connectivity index (χ1n) is 7.13. The van der Waals surface area contributed by atoms with Gasteiger partial charge in [-0.05, 0) is 37.4 Å². The van der Waals surface area contributed by atoms with Gasteiger partial charge in [-0.15, -0.1) is 0 Å². The summed E-state index contributed by atoms with van der Waals surface area (Å²) in [7, 11) is 0. The maximum atomic E-state index is 14.1. The lowest BCUT2D eigenvalue weighted by Crippen LogP contribution is -2.14. The SMILES string of the molecule is CCCNCc1oc2c(F)c(Cl)ccc2c1CC(C)C. The summed E-state index contributed by atoms with van der Waals surface area (Å²) in [4.78, 5) is 0. The molecule has 0 spiro atoms. The number of fused-ring (bicyclic) bond motifs is 1. The highest BCUT2D eigenvalue weighted by Gasteiger charge is 2.19. The number of furan rings is 1. The molecule has 20 heavy (non-hydrogen) atoms. The smallest absolute Gasteiger partial charge is 0.184 e. The van der Waals surface area contributed by atoms with Gasteiger partial charge in [0.25, 0.3) is 0 Å². The second-order valence-corrected chi connectivity index (χ2v) is 5.92. The molecule has 2 rings (SSSR count). The van der Waals surface area contributed by atoms with E-state index in [1.54, 1.807) is 6.07 Å². The predicted molar refractivity (Wildman–Crippen MR) is 81.7 cm³/mol. The van der Waals surface area contributed by atoms with Gasteiger partial charge in [-0.3, -0.25) is 0 Å². The van der Waals surface area contributed by atoms with Gasteiger partial charge in [0, 0.05) is 10.9 Å². The van der Waals surface area contributed by atoms with Gasteiger partial charge < -0.3 is 9.73 Å². The highest BCUT2D eigenvalue weighted by Crippen LogP contribution is 2.32. The third kappa shape index (κ3) is 3.15. The fourth-order valence-corrected chi connectivity index (χ4v) is 2.51. The second kappa shape index (κ2) is 6.59. The molecular weight excluding hydrogens is 277 g/mol. The van der Waals surface area contributed by atoms with Crippen LogP contribution in [-0.4, -0.2) is 6.54 Å². The van der Waals surface area contributed by atoms with Crippen LogP contribution in [-0.2, 0) is 13.0 Å². The van der Waals surface area contributed by atoms with Crippen LogP contribution in [0, 0.1) is 11.7 Å². The van der Waals surface area contributed by atoms with Crippen LogP contribution >= 0.6 is 11.6 Å². The molecular formula is C16H21ClFNO. The van der Waals surface area contributed by atoms with Crippen LogP contribution < -0.4 is 5.32 Å². The zero-order chi connectivity index (χ0) is 14.7. The highest BCUT2D eigenvalue weighted by atomic mass is 35.5. The summed E-state index contributed by atoms with van der Waals surface area (Å²) in [5, 5.41) is 4.26. The quantitative estimate of drug-likeness (QED) is 0.765. The fourth-order valence-electron chi connectivity index (χ4n) is 2.36. The fraction of sp³-hybridized carbons (Fsp3) is 0.500. The molecule has 0 radical (unpaired) electrons. The van der Waals surface area contributed by atoms with Gasteiger partial charge in [0.05, 0.1) is 11.6 Å². The van der Waals surface area contributed by atoms with Crippen LogP contribution in [0.3, 0.4) is 0 Å². The number of benzene rings is 1. The van der Waals surface area contributed by atoms with Crippen LogP contribution in [0.15, 0.2) is 16.5 Å². The van der Waals surface area contributed by atoms with Crippen molar-refractivity contribution >= 4 is 22.6 Å². The first-order valence-corrected chi connectivity index (χ1v) is 7.51. The lowest BCUT2D eigenvalue weighted by molar-refractivity contribution is 0.486. The number of hydrogen-bond donors (Lipinski definition) is 1. The monoisotopic (exact) mass is 297 g/mol. The molecule has 2 nitrogen and oxygen atoms in total. The molecule has 4 heteroatoms. The number of hydrogen-bond acceptors (Lipinski definition) is 2. The Balaban J connectivity index is 2.45. The zero-order valence-corrected chi connectivity index (χ0v) is 13.0. The molecule has 0 fully saturated rings. The molecule has 0 bridgehead atoms. The van der Waals surface area contributed by atoms with E-state index in [9.17, 15) is 4.39 Å². The van der Waals surface area contributed by atoms with Gasteiger partial charge in [-0.1, -0.05) is 32.4 Å². The summed E-state index contributed by atoms with van der Waals surface area (Å²) in [6, 6.07) is 3.45. The minimum absolute atomic E-state index is 0.107. The maximum Gasteiger partial charge on any atom is 0.184 e. The van der Waals surface area contributed by atoms with Crippen molar-refractivity contribution in [1.29, 1.82) is 0 Å². The Labute approximate surface area is 124 Å². The lowest BCUT2D eigenvalue weighted by Gasteiger charge is -2.07. The van der Waals surface area contributed by atoms with E-state index in [1.807, 2.05) is 6.07 Å². The van der Waals surface area contributed by atoms with Gasteiger partial charge in [-0.2, -0.15) is 0 Å². The topological polar surface area (TPSA) is 25.2 Å². The second-order valence-electron chi connectivity index (χ2n) is 5.52. The van der Waals surface area contributed by atoms with Crippen LogP contribution in [0.25, 0.3) is 11.0 Å². The van der Waals surface area contributed by atoms with E-state index in [0.717, 1.165) is 36.1 Å². The highest BCUT2D eigenvalue weighted by molar-refractivity contribution is 6.31. The van der Waals surface area contributed by atoms with E-state index < -0.39 is 5.82 Å². The predicted octanol–water partition coefficient (Wildman–Crippen LogP) is 4.92. The first kappa shape index (κ1) is 15.3. The van der Waals surface area contributed by atoms with E-state index >= 15 is 0 Å². The van der Waals surface area contributed by atoms with E-state index in [1.165, 1.54) is 0 Å². The van der Waals surface area contributed by atoms with Crippen molar-refractivity contribution in [1.82, 2.24) is 5.32 Å². The van der Waals surface area contributed by atoms with Crippen molar-refractivity contribution in [2.75, 3.05) is 6.54 Å².